The molecule has 2 heterocycles. The van der Waals surface area contributed by atoms with Gasteiger partial charge in [0, 0.05) is 11.1 Å². The van der Waals surface area contributed by atoms with E-state index in [-0.39, 0.29) is 18.0 Å². The van der Waals surface area contributed by atoms with Crippen molar-refractivity contribution in [3.8, 4) is 0 Å². The first-order valence-corrected chi connectivity index (χ1v) is 6.56. The van der Waals surface area contributed by atoms with Crippen LogP contribution in [-0.4, -0.2) is 17.2 Å². The van der Waals surface area contributed by atoms with E-state index in [4.69, 9.17) is 0 Å². The number of nitrogens with one attached hydrogen (secondary N) is 1. The number of pyridine rings is 1. The standard InChI is InChI=1S/C14H12N2O2S/c17-10-12(8-11-4-1-2-6-15-11)16-14(18)9-13-5-3-7-19-13/h1-8,10H,9H2,(H,16,18). The van der Waals surface area contributed by atoms with Crippen LogP contribution in [0.5, 0.6) is 0 Å². The van der Waals surface area contributed by atoms with Crippen LogP contribution in [0.4, 0.5) is 0 Å². The van der Waals surface area contributed by atoms with Crippen molar-refractivity contribution in [1.29, 1.82) is 0 Å². The molecule has 0 fully saturated rings. The molecule has 0 bridgehead atoms. The Morgan fingerprint density at radius 1 is 1.32 bits per heavy atom. The third-order valence-electron chi connectivity index (χ3n) is 2.32. The van der Waals surface area contributed by atoms with Crippen molar-refractivity contribution in [2.45, 2.75) is 6.42 Å². The van der Waals surface area contributed by atoms with E-state index in [1.807, 2.05) is 23.6 Å². The molecule has 0 unspecified atom stereocenters. The highest BCUT2D eigenvalue weighted by Gasteiger charge is 2.06. The van der Waals surface area contributed by atoms with E-state index >= 15 is 0 Å². The molecule has 1 N–H and O–H groups in total. The van der Waals surface area contributed by atoms with Crippen molar-refractivity contribution in [1.82, 2.24) is 10.3 Å². The Hall–Kier alpha value is -2.27. The van der Waals surface area contributed by atoms with E-state index in [1.165, 1.54) is 11.3 Å². The van der Waals surface area contributed by atoms with Crippen LogP contribution in [0, 0.1) is 0 Å². The second-order valence-electron chi connectivity index (χ2n) is 3.78. The summed E-state index contributed by atoms with van der Waals surface area (Å²) in [6, 6.07) is 9.13. The number of hydrogen-bond acceptors (Lipinski definition) is 4. The van der Waals surface area contributed by atoms with Crippen LogP contribution in [0.3, 0.4) is 0 Å². The van der Waals surface area contributed by atoms with Crippen LogP contribution < -0.4 is 5.32 Å². The molecule has 0 spiro atoms. The van der Waals surface area contributed by atoms with Crippen LogP contribution >= 0.6 is 11.3 Å². The minimum atomic E-state index is -0.211. The number of allylic oxidation sites excluding steroid dienone is 1. The molecule has 5 heteroatoms. The fourth-order valence-corrected chi connectivity index (χ4v) is 2.20. The maximum absolute atomic E-state index is 11.7. The van der Waals surface area contributed by atoms with Crippen molar-refractivity contribution in [2.24, 2.45) is 0 Å². The van der Waals surface area contributed by atoms with Gasteiger partial charge in [0.1, 0.15) is 0 Å². The minimum Gasteiger partial charge on any atom is -0.323 e. The predicted molar refractivity (Wildman–Crippen MR) is 74.4 cm³/mol. The zero-order valence-electron chi connectivity index (χ0n) is 10.1. The van der Waals surface area contributed by atoms with E-state index in [2.05, 4.69) is 10.3 Å². The summed E-state index contributed by atoms with van der Waals surface area (Å²) in [4.78, 5) is 27.7. The van der Waals surface area contributed by atoms with Gasteiger partial charge >= 0.3 is 0 Å². The van der Waals surface area contributed by atoms with Gasteiger partial charge in [-0.1, -0.05) is 12.1 Å². The van der Waals surface area contributed by atoms with Gasteiger partial charge in [-0.25, -0.2) is 0 Å². The summed E-state index contributed by atoms with van der Waals surface area (Å²) in [5.74, 6) is -0.211. The molecule has 4 nitrogen and oxygen atoms in total. The lowest BCUT2D eigenvalue weighted by Crippen LogP contribution is -2.24. The largest absolute Gasteiger partial charge is 0.323 e. The van der Waals surface area contributed by atoms with E-state index < -0.39 is 0 Å². The summed E-state index contributed by atoms with van der Waals surface area (Å²) in [6.45, 7) is 0. The van der Waals surface area contributed by atoms with Crippen molar-refractivity contribution in [3.05, 3.63) is 58.2 Å². The molecule has 0 atom stereocenters. The normalized spacial score (nSPS) is 11.1. The van der Waals surface area contributed by atoms with Crippen molar-refractivity contribution in [2.75, 3.05) is 0 Å². The molecule has 19 heavy (non-hydrogen) atoms. The summed E-state index contributed by atoms with van der Waals surface area (Å²) in [7, 11) is 0. The average Bonchev–Trinajstić information content (AvgIpc) is 2.92. The second-order valence-corrected chi connectivity index (χ2v) is 4.81. The topological polar surface area (TPSA) is 59.1 Å². The number of nitrogens with zero attached hydrogens (tertiary/aromatic N) is 1. The molecule has 0 aromatic carbocycles. The molecule has 0 saturated heterocycles. The van der Waals surface area contributed by atoms with Gasteiger partial charge in [0.15, 0.2) is 6.29 Å². The van der Waals surface area contributed by atoms with Gasteiger partial charge in [-0.2, -0.15) is 0 Å². The molecule has 0 radical (unpaired) electrons. The molecule has 0 aliphatic heterocycles. The molecule has 2 aromatic rings. The van der Waals surface area contributed by atoms with Crippen molar-refractivity contribution >= 4 is 29.6 Å². The highest BCUT2D eigenvalue weighted by atomic mass is 32.1. The van der Waals surface area contributed by atoms with Gasteiger partial charge in [0.2, 0.25) is 5.91 Å². The Labute approximate surface area is 114 Å². The lowest BCUT2D eigenvalue weighted by atomic mass is 10.3. The van der Waals surface area contributed by atoms with Gasteiger partial charge < -0.3 is 5.32 Å². The first kappa shape index (κ1) is 13.2. The minimum absolute atomic E-state index is 0.209. The smallest absolute Gasteiger partial charge is 0.229 e. The number of rotatable bonds is 5. The molecule has 1 amide bonds. The number of amides is 1. The summed E-state index contributed by atoms with van der Waals surface area (Å²) < 4.78 is 0. The number of carbonyl (C=O) groups is 2. The van der Waals surface area contributed by atoms with Crippen LogP contribution in [0.15, 0.2) is 47.6 Å². The summed E-state index contributed by atoms with van der Waals surface area (Å²) >= 11 is 1.51. The fourth-order valence-electron chi connectivity index (χ4n) is 1.50. The van der Waals surface area contributed by atoms with E-state index in [9.17, 15) is 9.59 Å². The molecule has 0 saturated carbocycles. The Balaban J connectivity index is 2.01. The van der Waals surface area contributed by atoms with Gasteiger partial charge in [-0.05, 0) is 29.7 Å². The molecule has 96 valence electrons. The fraction of sp³-hybridized carbons (Fsp3) is 0.0714. The average molecular weight is 272 g/mol. The third kappa shape index (κ3) is 4.15. The lowest BCUT2D eigenvalue weighted by Gasteiger charge is -2.03. The zero-order valence-corrected chi connectivity index (χ0v) is 10.9. The highest BCUT2D eigenvalue weighted by Crippen LogP contribution is 2.09. The Kier molecular flexibility index (Phi) is 4.58. The van der Waals surface area contributed by atoms with Gasteiger partial charge in [0.05, 0.1) is 17.8 Å². The Morgan fingerprint density at radius 3 is 2.84 bits per heavy atom. The van der Waals surface area contributed by atoms with Crippen molar-refractivity contribution < 1.29 is 9.59 Å². The first-order valence-electron chi connectivity index (χ1n) is 5.68. The molecule has 0 aliphatic rings. The molecular formula is C14H12N2O2S. The number of aldehydes is 1. The monoisotopic (exact) mass is 272 g/mol. The maximum Gasteiger partial charge on any atom is 0.229 e. The summed E-state index contributed by atoms with van der Waals surface area (Å²) in [6.07, 6.45) is 4.05. The number of carbonyl (C=O) groups excluding carboxylic acids is 2. The van der Waals surface area contributed by atoms with Crippen LogP contribution in [-0.2, 0) is 16.0 Å². The lowest BCUT2D eigenvalue weighted by molar-refractivity contribution is -0.120. The number of thiophene rings is 1. The van der Waals surface area contributed by atoms with Gasteiger partial charge in [-0.3, -0.25) is 14.6 Å². The van der Waals surface area contributed by atoms with Gasteiger partial charge in [-0.15, -0.1) is 11.3 Å². The molecule has 2 rings (SSSR count). The van der Waals surface area contributed by atoms with Crippen LogP contribution in [0.25, 0.3) is 6.08 Å². The molecule has 0 aliphatic carbocycles. The van der Waals surface area contributed by atoms with Gasteiger partial charge in [0.25, 0.3) is 0 Å². The van der Waals surface area contributed by atoms with Crippen molar-refractivity contribution in [3.63, 3.8) is 0 Å². The SMILES string of the molecule is O=CC(=Cc1ccccn1)NC(=O)Cc1cccs1. The van der Waals surface area contributed by atoms with Crippen LogP contribution in [0.1, 0.15) is 10.6 Å². The highest BCUT2D eigenvalue weighted by molar-refractivity contribution is 7.10. The third-order valence-corrected chi connectivity index (χ3v) is 3.19. The van der Waals surface area contributed by atoms with E-state index in [0.717, 1.165) is 4.88 Å². The summed E-state index contributed by atoms with van der Waals surface area (Å²) in [5.41, 5.74) is 0.835. The predicted octanol–water partition coefficient (Wildman–Crippen LogP) is 2.04. The van der Waals surface area contributed by atoms with Crippen LogP contribution in [0.2, 0.25) is 0 Å². The Morgan fingerprint density at radius 2 is 2.21 bits per heavy atom. The summed E-state index contributed by atoms with van der Waals surface area (Å²) in [5, 5.41) is 4.48. The molecule has 2 aromatic heterocycles. The van der Waals surface area contributed by atoms with E-state index in [1.54, 1.807) is 24.4 Å². The Bertz CT molecular complexity index is 577. The number of aromatic nitrogens is 1. The zero-order chi connectivity index (χ0) is 13.5. The maximum atomic E-state index is 11.7. The number of hydrogen-bond donors (Lipinski definition) is 1. The van der Waals surface area contributed by atoms with E-state index in [0.29, 0.717) is 12.0 Å². The molecular weight excluding hydrogens is 260 g/mol. The quantitative estimate of drug-likeness (QED) is 0.669. The first-order chi connectivity index (χ1) is 9.28. The second kappa shape index (κ2) is 6.61.